The molecule has 96 valence electrons. The van der Waals surface area contributed by atoms with Crippen molar-refractivity contribution in [2.45, 2.75) is 13.5 Å². The van der Waals surface area contributed by atoms with Crippen molar-refractivity contribution in [1.29, 1.82) is 0 Å². The number of hydrogen-bond donors (Lipinski definition) is 1. The maximum Gasteiger partial charge on any atom is 0.431 e. The number of imidazole rings is 1. The number of rotatable bonds is 4. The molecule has 1 aromatic heterocycles. The predicted octanol–water partition coefficient (Wildman–Crippen LogP) is 1.75. The van der Waals surface area contributed by atoms with Gasteiger partial charge in [0.05, 0.1) is 17.6 Å². The number of para-hydroxylation sites is 2. The van der Waals surface area contributed by atoms with Gasteiger partial charge in [-0.05, 0) is 19.1 Å². The number of aryl methyl sites for hydroxylation is 1. The molecule has 0 atom stereocenters. The van der Waals surface area contributed by atoms with Gasteiger partial charge in [0, 0.05) is 7.05 Å². The second-order valence-corrected chi connectivity index (χ2v) is 3.69. The van der Waals surface area contributed by atoms with Gasteiger partial charge in [0.25, 0.3) is 0 Å². The largest absolute Gasteiger partial charge is 0.448 e. The highest BCUT2D eigenvalue weighted by atomic mass is 16.7. The molecule has 0 fully saturated rings. The molecule has 1 N–H and O–H groups in total. The van der Waals surface area contributed by atoms with Crippen molar-refractivity contribution in [2.75, 3.05) is 6.61 Å². The maximum absolute atomic E-state index is 11.0. The lowest BCUT2D eigenvalue weighted by atomic mass is 10.3. The number of ether oxygens (including phenoxy) is 1. The molecule has 0 aliphatic heterocycles. The van der Waals surface area contributed by atoms with Gasteiger partial charge in [-0.15, -0.1) is 0 Å². The highest BCUT2D eigenvalue weighted by Gasteiger charge is 2.08. The zero-order valence-corrected chi connectivity index (χ0v) is 10.3. The fourth-order valence-corrected chi connectivity index (χ4v) is 1.64. The van der Waals surface area contributed by atoms with Crippen LogP contribution in [-0.2, 0) is 23.2 Å². The zero-order chi connectivity index (χ0) is 13.0. The van der Waals surface area contributed by atoms with Crippen LogP contribution in [0.15, 0.2) is 24.3 Å². The van der Waals surface area contributed by atoms with Crippen LogP contribution in [0.4, 0.5) is 4.79 Å². The minimum absolute atomic E-state index is 0.185. The van der Waals surface area contributed by atoms with Gasteiger partial charge in [-0.2, -0.15) is 5.48 Å². The molecule has 2 aromatic rings. The highest BCUT2D eigenvalue weighted by molar-refractivity contribution is 5.75. The average Bonchev–Trinajstić information content (AvgIpc) is 2.68. The second-order valence-electron chi connectivity index (χ2n) is 3.69. The number of carbonyl (C=O) groups is 1. The Labute approximate surface area is 104 Å². The summed E-state index contributed by atoms with van der Waals surface area (Å²) in [7, 11) is 1.90. The minimum atomic E-state index is -0.601. The van der Waals surface area contributed by atoms with Gasteiger partial charge >= 0.3 is 6.09 Å². The van der Waals surface area contributed by atoms with Gasteiger partial charge in [0.15, 0.2) is 0 Å². The summed E-state index contributed by atoms with van der Waals surface area (Å²) in [5.41, 5.74) is 4.11. The molecule has 0 saturated carbocycles. The summed E-state index contributed by atoms with van der Waals surface area (Å²) in [6.45, 7) is 2.22. The Morgan fingerprint density at radius 1 is 1.44 bits per heavy atom. The van der Waals surface area contributed by atoms with E-state index in [0.717, 1.165) is 16.9 Å². The zero-order valence-electron chi connectivity index (χ0n) is 10.3. The lowest BCUT2D eigenvalue weighted by molar-refractivity contribution is 0.0163. The van der Waals surface area contributed by atoms with Crippen LogP contribution in [0.5, 0.6) is 0 Å². The monoisotopic (exact) mass is 249 g/mol. The number of nitrogens with zero attached hydrogens (tertiary/aromatic N) is 2. The van der Waals surface area contributed by atoms with Crippen molar-refractivity contribution >= 4 is 17.1 Å². The van der Waals surface area contributed by atoms with Gasteiger partial charge in [0.2, 0.25) is 0 Å². The van der Waals surface area contributed by atoms with E-state index < -0.39 is 6.09 Å². The van der Waals surface area contributed by atoms with E-state index in [2.05, 4.69) is 15.2 Å². The van der Waals surface area contributed by atoms with Crippen LogP contribution in [0, 0.1) is 0 Å². The molecule has 0 unspecified atom stereocenters. The van der Waals surface area contributed by atoms with Gasteiger partial charge in [-0.1, -0.05) is 12.1 Å². The number of hydroxylamine groups is 1. The molecule has 1 heterocycles. The van der Waals surface area contributed by atoms with Crippen LogP contribution in [0.3, 0.4) is 0 Å². The Balaban J connectivity index is 1.99. The van der Waals surface area contributed by atoms with Crippen LogP contribution in [0.2, 0.25) is 0 Å². The average molecular weight is 249 g/mol. The van der Waals surface area contributed by atoms with Crippen molar-refractivity contribution in [2.24, 2.45) is 7.05 Å². The number of hydrogen-bond acceptors (Lipinski definition) is 4. The number of carbonyl (C=O) groups excluding carboxylic acids is 1. The molecular formula is C12H15N3O3. The molecule has 2 rings (SSSR count). The molecule has 0 radical (unpaired) electrons. The van der Waals surface area contributed by atoms with Gasteiger partial charge < -0.3 is 9.30 Å². The first kappa shape index (κ1) is 12.4. The van der Waals surface area contributed by atoms with Crippen LogP contribution in [-0.4, -0.2) is 22.3 Å². The smallest absolute Gasteiger partial charge is 0.431 e. The topological polar surface area (TPSA) is 65.4 Å². The third-order valence-corrected chi connectivity index (χ3v) is 2.51. The summed E-state index contributed by atoms with van der Waals surface area (Å²) in [4.78, 5) is 20.4. The van der Waals surface area contributed by atoms with Crippen molar-refractivity contribution in [3.63, 3.8) is 0 Å². The van der Waals surface area contributed by atoms with E-state index in [1.807, 2.05) is 35.9 Å². The van der Waals surface area contributed by atoms with Gasteiger partial charge in [-0.25, -0.2) is 9.78 Å². The van der Waals surface area contributed by atoms with Crippen molar-refractivity contribution in [1.82, 2.24) is 15.0 Å². The molecule has 6 nitrogen and oxygen atoms in total. The number of benzene rings is 1. The Morgan fingerprint density at radius 3 is 2.94 bits per heavy atom. The first-order valence-corrected chi connectivity index (χ1v) is 5.67. The van der Waals surface area contributed by atoms with Crippen LogP contribution >= 0.6 is 0 Å². The first-order valence-electron chi connectivity index (χ1n) is 5.67. The number of amides is 1. The standard InChI is InChI=1S/C12H15N3O3/c1-3-17-12(16)14-18-8-11-13-9-6-4-5-7-10(9)15(11)2/h4-7H,3,8H2,1-2H3,(H,14,16). The van der Waals surface area contributed by atoms with Crippen LogP contribution < -0.4 is 5.48 Å². The summed E-state index contributed by atoms with van der Waals surface area (Å²) in [5, 5.41) is 0. The lowest BCUT2D eigenvalue weighted by Gasteiger charge is -2.05. The number of nitrogens with one attached hydrogen (secondary N) is 1. The van der Waals surface area contributed by atoms with Crippen molar-refractivity contribution in [3.05, 3.63) is 30.1 Å². The molecule has 6 heteroatoms. The third kappa shape index (κ3) is 2.60. The Kier molecular flexibility index (Phi) is 3.78. The molecule has 1 aromatic carbocycles. The quantitative estimate of drug-likeness (QED) is 0.838. The minimum Gasteiger partial charge on any atom is -0.448 e. The summed E-state index contributed by atoms with van der Waals surface area (Å²) in [6.07, 6.45) is -0.601. The first-order chi connectivity index (χ1) is 8.72. The Hall–Kier alpha value is -2.08. The normalized spacial score (nSPS) is 10.6. The molecular weight excluding hydrogens is 234 g/mol. The summed E-state index contributed by atoms with van der Waals surface area (Å²) < 4.78 is 6.59. The van der Waals surface area contributed by atoms with E-state index in [1.165, 1.54) is 0 Å². The fraction of sp³-hybridized carbons (Fsp3) is 0.333. The van der Waals surface area contributed by atoms with Gasteiger partial charge in [-0.3, -0.25) is 4.84 Å². The molecule has 1 amide bonds. The maximum atomic E-state index is 11.0. The molecule has 0 saturated heterocycles. The molecule has 18 heavy (non-hydrogen) atoms. The SMILES string of the molecule is CCOC(=O)NOCc1nc2ccccc2n1C. The van der Waals surface area contributed by atoms with Gasteiger partial charge in [0.1, 0.15) is 12.4 Å². The highest BCUT2D eigenvalue weighted by Crippen LogP contribution is 2.14. The van der Waals surface area contributed by atoms with E-state index in [0.29, 0.717) is 6.61 Å². The van der Waals surface area contributed by atoms with E-state index in [1.54, 1.807) is 6.92 Å². The molecule has 0 spiro atoms. The third-order valence-electron chi connectivity index (χ3n) is 2.51. The summed E-state index contributed by atoms with van der Waals surface area (Å²) in [6, 6.07) is 7.78. The molecule has 0 bridgehead atoms. The second kappa shape index (κ2) is 5.50. The fourth-order valence-electron chi connectivity index (χ4n) is 1.64. The van der Waals surface area contributed by atoms with E-state index >= 15 is 0 Å². The Bertz CT molecular complexity index is 550. The van der Waals surface area contributed by atoms with Crippen molar-refractivity contribution in [3.8, 4) is 0 Å². The number of fused-ring (bicyclic) bond motifs is 1. The molecule has 0 aliphatic rings. The summed E-state index contributed by atoms with van der Waals surface area (Å²) in [5.74, 6) is 0.730. The molecule has 0 aliphatic carbocycles. The van der Waals surface area contributed by atoms with Crippen molar-refractivity contribution < 1.29 is 14.4 Å². The lowest BCUT2D eigenvalue weighted by Crippen LogP contribution is -2.24. The summed E-state index contributed by atoms with van der Waals surface area (Å²) >= 11 is 0. The number of aromatic nitrogens is 2. The van der Waals surface area contributed by atoms with Crippen LogP contribution in [0.1, 0.15) is 12.7 Å². The van der Waals surface area contributed by atoms with E-state index in [4.69, 9.17) is 4.84 Å². The van der Waals surface area contributed by atoms with E-state index in [9.17, 15) is 4.79 Å². The van der Waals surface area contributed by atoms with E-state index in [-0.39, 0.29) is 6.61 Å². The van der Waals surface area contributed by atoms with Crippen LogP contribution in [0.25, 0.3) is 11.0 Å². The Morgan fingerprint density at radius 2 is 2.22 bits per heavy atom. The predicted molar refractivity (Wildman–Crippen MR) is 65.7 cm³/mol.